The number of carbonyl (C=O) groups is 1. The highest BCUT2D eigenvalue weighted by Gasteiger charge is 2.17. The normalized spacial score (nSPS) is 10.7. The zero-order valence-corrected chi connectivity index (χ0v) is 11.2. The lowest BCUT2D eigenvalue weighted by Gasteiger charge is -2.05. The molecule has 0 aliphatic rings. The Balaban J connectivity index is 2.28. The molecule has 0 spiro atoms. The molecule has 100 valence electrons. The Hall–Kier alpha value is -2.69. The van der Waals surface area contributed by atoms with Gasteiger partial charge in [-0.1, -0.05) is 6.07 Å². The SMILES string of the molecule is COC(=O)c1cccc2nc(-c3cccnc3)n(C)c12. The number of fused-ring (bicyclic) bond motifs is 1. The number of pyridine rings is 1. The zero-order valence-electron chi connectivity index (χ0n) is 11.2. The number of ether oxygens (including phenoxy) is 1. The van der Waals surface area contributed by atoms with Crippen molar-refractivity contribution in [1.82, 2.24) is 14.5 Å². The van der Waals surface area contributed by atoms with Crippen LogP contribution in [0.25, 0.3) is 22.4 Å². The number of hydrogen-bond acceptors (Lipinski definition) is 4. The molecule has 0 bridgehead atoms. The van der Waals surface area contributed by atoms with Gasteiger partial charge in [0.25, 0.3) is 0 Å². The van der Waals surface area contributed by atoms with Crippen LogP contribution in [0.1, 0.15) is 10.4 Å². The van der Waals surface area contributed by atoms with E-state index in [1.807, 2.05) is 29.8 Å². The van der Waals surface area contributed by atoms with Crippen LogP contribution in [0.4, 0.5) is 0 Å². The van der Waals surface area contributed by atoms with Gasteiger partial charge in [0, 0.05) is 25.0 Å². The van der Waals surface area contributed by atoms with Gasteiger partial charge in [-0.05, 0) is 24.3 Å². The first-order chi connectivity index (χ1) is 9.72. The summed E-state index contributed by atoms with van der Waals surface area (Å²) < 4.78 is 6.71. The first kappa shape index (κ1) is 12.3. The van der Waals surface area contributed by atoms with Gasteiger partial charge in [-0.2, -0.15) is 0 Å². The van der Waals surface area contributed by atoms with Gasteiger partial charge in [-0.25, -0.2) is 9.78 Å². The predicted octanol–water partition coefficient (Wildman–Crippen LogP) is 2.42. The van der Waals surface area contributed by atoms with Crippen molar-refractivity contribution in [3.05, 3.63) is 48.3 Å². The van der Waals surface area contributed by atoms with Gasteiger partial charge in [0.2, 0.25) is 0 Å². The first-order valence-electron chi connectivity index (χ1n) is 6.16. The van der Waals surface area contributed by atoms with Crippen LogP contribution in [0.15, 0.2) is 42.7 Å². The summed E-state index contributed by atoms with van der Waals surface area (Å²) >= 11 is 0. The molecule has 0 atom stereocenters. The number of imidazole rings is 1. The number of aromatic nitrogens is 3. The molecule has 3 aromatic rings. The van der Waals surface area contributed by atoms with Gasteiger partial charge in [-0.15, -0.1) is 0 Å². The molecule has 20 heavy (non-hydrogen) atoms. The van der Waals surface area contributed by atoms with Crippen LogP contribution < -0.4 is 0 Å². The molecular weight excluding hydrogens is 254 g/mol. The largest absolute Gasteiger partial charge is 0.465 e. The number of aryl methyl sites for hydroxylation is 1. The van der Waals surface area contributed by atoms with Crippen molar-refractivity contribution in [3.63, 3.8) is 0 Å². The number of esters is 1. The van der Waals surface area contributed by atoms with Crippen LogP contribution in [0.2, 0.25) is 0 Å². The summed E-state index contributed by atoms with van der Waals surface area (Å²) in [5.74, 6) is 0.404. The van der Waals surface area contributed by atoms with E-state index in [4.69, 9.17) is 4.74 Å². The van der Waals surface area contributed by atoms with Crippen LogP contribution in [-0.4, -0.2) is 27.6 Å². The van der Waals surface area contributed by atoms with Crippen molar-refractivity contribution >= 4 is 17.0 Å². The molecule has 0 aliphatic heterocycles. The standard InChI is InChI=1S/C15H13N3O2/c1-18-13-11(15(19)20-2)6-3-7-12(13)17-14(18)10-5-4-8-16-9-10/h3-9H,1-2H3. The van der Waals surface area contributed by atoms with E-state index in [9.17, 15) is 4.79 Å². The maximum atomic E-state index is 11.8. The molecule has 2 heterocycles. The molecule has 3 rings (SSSR count). The molecule has 5 nitrogen and oxygen atoms in total. The second-order valence-corrected chi connectivity index (χ2v) is 4.40. The quantitative estimate of drug-likeness (QED) is 0.669. The van der Waals surface area contributed by atoms with Crippen molar-refractivity contribution in [2.75, 3.05) is 7.11 Å². The summed E-state index contributed by atoms with van der Waals surface area (Å²) in [5, 5.41) is 0. The van der Waals surface area contributed by atoms with E-state index in [1.165, 1.54) is 7.11 Å². The van der Waals surface area contributed by atoms with Gasteiger partial charge in [0.05, 0.1) is 23.7 Å². The predicted molar refractivity (Wildman–Crippen MR) is 75.3 cm³/mol. The number of carbonyl (C=O) groups excluding carboxylic acids is 1. The fraction of sp³-hybridized carbons (Fsp3) is 0.133. The summed E-state index contributed by atoms with van der Waals surface area (Å²) in [7, 11) is 3.25. The highest BCUT2D eigenvalue weighted by Crippen LogP contribution is 2.25. The lowest BCUT2D eigenvalue weighted by Crippen LogP contribution is -2.04. The molecule has 0 unspecified atom stereocenters. The van der Waals surface area contributed by atoms with Crippen molar-refractivity contribution in [3.8, 4) is 11.4 Å². The molecular formula is C15H13N3O2. The summed E-state index contributed by atoms with van der Waals surface area (Å²) in [4.78, 5) is 20.5. The average molecular weight is 267 g/mol. The maximum Gasteiger partial charge on any atom is 0.340 e. The van der Waals surface area contributed by atoms with Crippen LogP contribution in [-0.2, 0) is 11.8 Å². The summed E-state index contributed by atoms with van der Waals surface area (Å²) in [6, 6.07) is 9.21. The van der Waals surface area contributed by atoms with Crippen LogP contribution in [0.3, 0.4) is 0 Å². The fourth-order valence-electron chi connectivity index (χ4n) is 2.30. The van der Waals surface area contributed by atoms with Crippen molar-refractivity contribution < 1.29 is 9.53 Å². The number of para-hydroxylation sites is 1. The Kier molecular flexibility index (Phi) is 2.95. The van der Waals surface area contributed by atoms with Gasteiger partial charge in [0.15, 0.2) is 0 Å². The van der Waals surface area contributed by atoms with Crippen molar-refractivity contribution in [1.29, 1.82) is 0 Å². The van der Waals surface area contributed by atoms with Crippen molar-refractivity contribution in [2.45, 2.75) is 0 Å². The van der Waals surface area contributed by atoms with Crippen molar-refractivity contribution in [2.24, 2.45) is 7.05 Å². The van der Waals surface area contributed by atoms with E-state index in [1.54, 1.807) is 24.5 Å². The zero-order chi connectivity index (χ0) is 14.1. The smallest absolute Gasteiger partial charge is 0.340 e. The van der Waals surface area contributed by atoms with E-state index < -0.39 is 0 Å². The average Bonchev–Trinajstić information content (AvgIpc) is 2.85. The Morgan fingerprint density at radius 3 is 2.80 bits per heavy atom. The third-order valence-corrected chi connectivity index (χ3v) is 3.22. The van der Waals surface area contributed by atoms with E-state index in [-0.39, 0.29) is 5.97 Å². The van der Waals surface area contributed by atoms with Gasteiger partial charge in [0.1, 0.15) is 5.82 Å². The molecule has 0 radical (unpaired) electrons. The second-order valence-electron chi connectivity index (χ2n) is 4.40. The van der Waals surface area contributed by atoms with E-state index in [0.29, 0.717) is 5.56 Å². The summed E-state index contributed by atoms with van der Waals surface area (Å²) in [6.45, 7) is 0. The van der Waals surface area contributed by atoms with E-state index >= 15 is 0 Å². The number of hydrogen-bond donors (Lipinski definition) is 0. The Labute approximate surface area is 115 Å². The fourth-order valence-corrected chi connectivity index (χ4v) is 2.30. The second kappa shape index (κ2) is 4.77. The third-order valence-electron chi connectivity index (χ3n) is 3.22. The van der Waals surface area contributed by atoms with Crippen LogP contribution >= 0.6 is 0 Å². The molecule has 2 aromatic heterocycles. The molecule has 0 saturated carbocycles. The topological polar surface area (TPSA) is 57.0 Å². The molecule has 0 aliphatic carbocycles. The Morgan fingerprint density at radius 2 is 2.10 bits per heavy atom. The number of nitrogens with zero attached hydrogens (tertiary/aromatic N) is 3. The minimum atomic E-state index is -0.365. The molecule has 5 heteroatoms. The number of benzene rings is 1. The molecule has 1 aromatic carbocycles. The lowest BCUT2D eigenvalue weighted by atomic mass is 10.2. The Morgan fingerprint density at radius 1 is 1.25 bits per heavy atom. The third kappa shape index (κ3) is 1.84. The van der Waals surface area contributed by atoms with E-state index in [2.05, 4.69) is 9.97 Å². The van der Waals surface area contributed by atoms with Crippen LogP contribution in [0.5, 0.6) is 0 Å². The molecule has 0 N–H and O–H groups in total. The molecule has 0 fully saturated rings. The monoisotopic (exact) mass is 267 g/mol. The highest BCUT2D eigenvalue weighted by molar-refractivity contribution is 6.02. The van der Waals surface area contributed by atoms with Gasteiger partial charge >= 0.3 is 5.97 Å². The van der Waals surface area contributed by atoms with Gasteiger partial charge in [-0.3, -0.25) is 4.98 Å². The maximum absolute atomic E-state index is 11.8. The van der Waals surface area contributed by atoms with Crippen LogP contribution in [0, 0.1) is 0 Å². The highest BCUT2D eigenvalue weighted by atomic mass is 16.5. The Bertz CT molecular complexity index is 778. The first-order valence-corrected chi connectivity index (χ1v) is 6.16. The lowest BCUT2D eigenvalue weighted by molar-refractivity contribution is 0.0602. The summed E-state index contributed by atoms with van der Waals surface area (Å²) in [5.41, 5.74) is 2.93. The molecule has 0 amide bonds. The van der Waals surface area contributed by atoms with E-state index in [0.717, 1.165) is 22.4 Å². The summed E-state index contributed by atoms with van der Waals surface area (Å²) in [6.07, 6.45) is 3.46. The number of rotatable bonds is 2. The minimum Gasteiger partial charge on any atom is -0.465 e. The molecule has 0 saturated heterocycles. The van der Waals surface area contributed by atoms with Gasteiger partial charge < -0.3 is 9.30 Å². The number of methoxy groups -OCH3 is 1. The minimum absolute atomic E-state index is 0.365.